The van der Waals surface area contributed by atoms with Crippen LogP contribution in [0.25, 0.3) is 0 Å². The van der Waals surface area contributed by atoms with Crippen LogP contribution in [0.15, 0.2) is 6.07 Å². The van der Waals surface area contributed by atoms with Gasteiger partial charge < -0.3 is 5.32 Å². The molecule has 1 aromatic rings. The van der Waals surface area contributed by atoms with E-state index in [1.165, 1.54) is 41.4 Å². The van der Waals surface area contributed by atoms with Gasteiger partial charge in [0.25, 0.3) is 0 Å². The van der Waals surface area contributed by atoms with Crippen LogP contribution in [-0.2, 0) is 6.42 Å². The topological polar surface area (TPSA) is 12.0 Å². The van der Waals surface area contributed by atoms with Crippen molar-refractivity contribution in [3.05, 3.63) is 19.4 Å². The van der Waals surface area contributed by atoms with E-state index in [0.29, 0.717) is 12.1 Å². The first-order chi connectivity index (χ1) is 8.24. The lowest BCUT2D eigenvalue weighted by Crippen LogP contribution is -2.33. The minimum absolute atomic E-state index is 0.620. The van der Waals surface area contributed by atoms with Gasteiger partial charge in [-0.3, -0.25) is 0 Å². The third-order valence-corrected chi connectivity index (χ3v) is 5.62. The van der Waals surface area contributed by atoms with Crippen molar-refractivity contribution in [1.82, 2.24) is 5.32 Å². The van der Waals surface area contributed by atoms with Gasteiger partial charge >= 0.3 is 0 Å². The molecule has 0 aliphatic heterocycles. The molecule has 0 bridgehead atoms. The maximum Gasteiger partial charge on any atom is 0.0659 e. The first-order valence-electron chi connectivity index (χ1n) is 6.78. The summed E-state index contributed by atoms with van der Waals surface area (Å²) < 4.78 is 1.45. The Labute approximate surface area is 123 Å². The zero-order valence-corrected chi connectivity index (χ0v) is 13.7. The van der Waals surface area contributed by atoms with E-state index in [0.717, 1.165) is 0 Å². The van der Waals surface area contributed by atoms with Gasteiger partial charge in [-0.2, -0.15) is 0 Å². The Bertz CT molecular complexity index is 361. The Balaban J connectivity index is 2.07. The molecule has 1 aliphatic carbocycles. The Morgan fingerprint density at radius 3 is 3.06 bits per heavy atom. The summed E-state index contributed by atoms with van der Waals surface area (Å²) >= 11 is 4.45. The number of rotatable bonds is 5. The average Bonchev–Trinajstić information content (AvgIpc) is 2.70. The summed E-state index contributed by atoms with van der Waals surface area (Å²) in [5, 5.41) is 3.88. The van der Waals surface area contributed by atoms with Gasteiger partial charge in [0, 0.05) is 17.0 Å². The summed E-state index contributed by atoms with van der Waals surface area (Å²) in [7, 11) is 0. The van der Waals surface area contributed by atoms with Crippen molar-refractivity contribution in [2.45, 2.75) is 64.5 Å². The van der Waals surface area contributed by atoms with Crippen molar-refractivity contribution in [2.75, 3.05) is 0 Å². The largest absolute Gasteiger partial charge is 0.307 e. The van der Waals surface area contributed by atoms with Crippen LogP contribution in [0.1, 0.15) is 62.4 Å². The monoisotopic (exact) mass is 363 g/mol. The summed E-state index contributed by atoms with van der Waals surface area (Å²) in [4.78, 5) is 1.63. The molecule has 0 radical (unpaired) electrons. The zero-order valence-electron chi connectivity index (χ0n) is 10.8. The Morgan fingerprint density at radius 2 is 2.35 bits per heavy atom. The quantitative estimate of drug-likeness (QED) is 0.734. The van der Waals surface area contributed by atoms with Crippen LogP contribution in [0.4, 0.5) is 0 Å². The highest BCUT2D eigenvalue weighted by molar-refractivity contribution is 14.1. The molecule has 1 N–H and O–H groups in total. The average molecular weight is 363 g/mol. The molecule has 0 saturated heterocycles. The van der Waals surface area contributed by atoms with Gasteiger partial charge in [-0.15, -0.1) is 11.3 Å². The van der Waals surface area contributed by atoms with Crippen LogP contribution in [-0.4, -0.2) is 6.04 Å². The van der Waals surface area contributed by atoms with Crippen molar-refractivity contribution in [3.63, 3.8) is 0 Å². The second-order valence-corrected chi connectivity index (χ2v) is 7.97. The van der Waals surface area contributed by atoms with E-state index in [1.54, 1.807) is 10.4 Å². The third-order valence-electron chi connectivity index (χ3n) is 3.65. The molecule has 1 heterocycles. The normalized spacial score (nSPS) is 21.2. The van der Waals surface area contributed by atoms with Crippen LogP contribution < -0.4 is 5.32 Å². The highest BCUT2D eigenvalue weighted by Crippen LogP contribution is 2.36. The molecular formula is C14H22INS. The van der Waals surface area contributed by atoms with Crippen LogP contribution >= 0.6 is 33.9 Å². The van der Waals surface area contributed by atoms with Gasteiger partial charge in [0.2, 0.25) is 0 Å². The number of nitrogens with one attached hydrogen (secondary N) is 1. The predicted molar refractivity (Wildman–Crippen MR) is 84.8 cm³/mol. The van der Waals surface area contributed by atoms with Crippen LogP contribution in [0.5, 0.6) is 0 Å². The molecule has 3 heteroatoms. The summed E-state index contributed by atoms with van der Waals surface area (Å²) in [5.74, 6) is 0. The van der Waals surface area contributed by atoms with Gasteiger partial charge in [-0.1, -0.05) is 20.3 Å². The number of hydrogen-bond acceptors (Lipinski definition) is 2. The molecule has 96 valence electrons. The Kier molecular flexibility index (Phi) is 5.30. The van der Waals surface area contributed by atoms with E-state index in [-0.39, 0.29) is 0 Å². The molecule has 17 heavy (non-hydrogen) atoms. The highest BCUT2D eigenvalue weighted by Gasteiger charge is 2.23. The first kappa shape index (κ1) is 13.8. The van der Waals surface area contributed by atoms with Gasteiger partial charge in [-0.05, 0) is 66.3 Å². The van der Waals surface area contributed by atoms with Crippen LogP contribution in [0.3, 0.4) is 0 Å². The number of hydrogen-bond donors (Lipinski definition) is 1. The highest BCUT2D eigenvalue weighted by atomic mass is 127. The molecule has 1 nitrogen and oxygen atoms in total. The minimum atomic E-state index is 0.620. The van der Waals surface area contributed by atoms with Gasteiger partial charge in [0.1, 0.15) is 0 Å². The molecule has 2 unspecified atom stereocenters. The van der Waals surface area contributed by atoms with Crippen molar-refractivity contribution in [3.8, 4) is 0 Å². The molecule has 2 rings (SSSR count). The zero-order chi connectivity index (χ0) is 12.3. The SMILES string of the molecule is CCCC(CC)NC1CCCc2sc(I)cc21. The van der Waals surface area contributed by atoms with E-state index in [9.17, 15) is 0 Å². The van der Waals surface area contributed by atoms with Crippen molar-refractivity contribution >= 4 is 33.9 Å². The molecule has 0 fully saturated rings. The lowest BCUT2D eigenvalue weighted by molar-refractivity contribution is 0.372. The van der Waals surface area contributed by atoms with E-state index in [1.807, 2.05) is 11.3 Å². The molecule has 0 amide bonds. The fraction of sp³-hybridized carbons (Fsp3) is 0.714. The summed E-state index contributed by atoms with van der Waals surface area (Å²) in [6, 6.07) is 3.72. The number of thiophene rings is 1. The smallest absolute Gasteiger partial charge is 0.0659 e. The number of fused-ring (bicyclic) bond motifs is 1. The molecule has 0 aromatic carbocycles. The Hall–Kier alpha value is 0.390. The predicted octanol–water partition coefficient (Wildman–Crippen LogP) is 4.90. The van der Waals surface area contributed by atoms with E-state index >= 15 is 0 Å². The molecule has 1 aromatic heterocycles. The van der Waals surface area contributed by atoms with Gasteiger partial charge in [-0.25, -0.2) is 0 Å². The lowest BCUT2D eigenvalue weighted by Gasteiger charge is -2.28. The summed E-state index contributed by atoms with van der Waals surface area (Å²) in [6.45, 7) is 4.58. The standard InChI is InChI=1S/C14H22INS/c1-3-6-10(4-2)16-12-7-5-8-13-11(12)9-14(15)17-13/h9-10,12,16H,3-8H2,1-2H3. The van der Waals surface area contributed by atoms with Gasteiger partial charge in [0.05, 0.1) is 2.88 Å². The fourth-order valence-electron chi connectivity index (χ4n) is 2.73. The summed E-state index contributed by atoms with van der Waals surface area (Å²) in [5.41, 5.74) is 1.60. The van der Waals surface area contributed by atoms with Gasteiger partial charge in [0.15, 0.2) is 0 Å². The maximum atomic E-state index is 3.88. The minimum Gasteiger partial charge on any atom is -0.307 e. The van der Waals surface area contributed by atoms with Crippen molar-refractivity contribution < 1.29 is 0 Å². The van der Waals surface area contributed by atoms with E-state index in [4.69, 9.17) is 0 Å². The van der Waals surface area contributed by atoms with Crippen molar-refractivity contribution in [1.29, 1.82) is 0 Å². The maximum absolute atomic E-state index is 3.88. The number of aryl methyl sites for hydroxylation is 1. The fourth-order valence-corrected chi connectivity index (χ4v) is 4.85. The van der Waals surface area contributed by atoms with Crippen molar-refractivity contribution in [2.24, 2.45) is 0 Å². The van der Waals surface area contributed by atoms with E-state index < -0.39 is 0 Å². The third kappa shape index (κ3) is 3.44. The second kappa shape index (κ2) is 6.53. The second-order valence-electron chi connectivity index (χ2n) is 4.93. The summed E-state index contributed by atoms with van der Waals surface area (Å²) in [6.07, 6.45) is 7.81. The molecule has 2 atom stereocenters. The Morgan fingerprint density at radius 1 is 1.53 bits per heavy atom. The van der Waals surface area contributed by atoms with Crippen LogP contribution in [0.2, 0.25) is 0 Å². The molecule has 1 aliphatic rings. The molecular weight excluding hydrogens is 341 g/mol. The first-order valence-corrected chi connectivity index (χ1v) is 8.68. The van der Waals surface area contributed by atoms with Crippen LogP contribution in [0, 0.1) is 2.88 Å². The number of halogens is 1. The molecule has 0 spiro atoms. The lowest BCUT2D eigenvalue weighted by atomic mass is 9.92. The molecule has 0 saturated carbocycles. The van der Waals surface area contributed by atoms with E-state index in [2.05, 4.69) is 47.8 Å².